The van der Waals surface area contributed by atoms with Gasteiger partial charge in [0.15, 0.2) is 17.0 Å². The summed E-state index contributed by atoms with van der Waals surface area (Å²) >= 11 is 0. The number of imidazole rings is 1. The summed E-state index contributed by atoms with van der Waals surface area (Å²) in [5, 5.41) is 6.93. The lowest BCUT2D eigenvalue weighted by molar-refractivity contribution is -0.131. The van der Waals surface area contributed by atoms with Crippen LogP contribution in [0.3, 0.4) is 0 Å². The third-order valence-electron chi connectivity index (χ3n) is 6.62. The summed E-state index contributed by atoms with van der Waals surface area (Å²) in [5.41, 5.74) is 8.51. The first-order valence-electron chi connectivity index (χ1n) is 11.9. The van der Waals surface area contributed by atoms with Crippen molar-refractivity contribution in [3.63, 3.8) is 0 Å². The Labute approximate surface area is 217 Å². The minimum atomic E-state index is -0.343. The highest BCUT2D eigenvalue weighted by Gasteiger charge is 2.24. The second-order valence-electron chi connectivity index (χ2n) is 9.16. The van der Waals surface area contributed by atoms with Gasteiger partial charge in [-0.1, -0.05) is 12.8 Å². The van der Waals surface area contributed by atoms with Gasteiger partial charge in [0.05, 0.1) is 6.33 Å². The fourth-order valence-electron chi connectivity index (χ4n) is 4.87. The van der Waals surface area contributed by atoms with E-state index < -0.39 is 0 Å². The lowest BCUT2D eigenvalue weighted by atomic mass is 9.92. The third kappa shape index (κ3) is 6.34. The molecule has 9 nitrogen and oxygen atoms in total. The van der Waals surface area contributed by atoms with Gasteiger partial charge in [-0.15, -0.1) is 24.8 Å². The predicted molar refractivity (Wildman–Crippen MR) is 142 cm³/mol. The van der Waals surface area contributed by atoms with E-state index >= 15 is 0 Å². The molecule has 0 saturated heterocycles. The number of halogens is 2. The van der Waals surface area contributed by atoms with Crippen LogP contribution < -0.4 is 21.1 Å². The molecule has 0 bridgehead atoms. The summed E-state index contributed by atoms with van der Waals surface area (Å²) in [6.07, 6.45) is 10.7. The standard InChI is InChI=1S/C24H31N7O2.2ClH/c1-15(32)33-20-12-10-17(11-13-20)27-22-21-23(31(14-26-21)19-4-2-3-5-19)30-24(29-22)28-18-8-6-16(25)7-9-18;;/h10-14,16,18-19H,2-9,25H2,1H3,(H2,27,28,29,30);2*1H. The van der Waals surface area contributed by atoms with Gasteiger partial charge in [0, 0.05) is 30.7 Å². The van der Waals surface area contributed by atoms with Crippen LogP contribution in [0, 0.1) is 0 Å². The van der Waals surface area contributed by atoms with Crippen molar-refractivity contribution in [1.29, 1.82) is 0 Å². The topological polar surface area (TPSA) is 120 Å². The van der Waals surface area contributed by atoms with Crippen LogP contribution >= 0.6 is 24.8 Å². The number of nitrogens with two attached hydrogens (primary N) is 1. The van der Waals surface area contributed by atoms with Crippen LogP contribution in [0.4, 0.5) is 17.5 Å². The summed E-state index contributed by atoms with van der Waals surface area (Å²) in [4.78, 5) is 25.5. The first kappa shape index (κ1) is 27.0. The zero-order valence-corrected chi connectivity index (χ0v) is 21.4. The molecular weight excluding hydrogens is 489 g/mol. The van der Waals surface area contributed by atoms with Gasteiger partial charge >= 0.3 is 5.97 Å². The molecule has 2 heterocycles. The van der Waals surface area contributed by atoms with E-state index in [9.17, 15) is 4.79 Å². The van der Waals surface area contributed by atoms with Gasteiger partial charge in [0.1, 0.15) is 5.75 Å². The molecule has 3 aromatic rings. The van der Waals surface area contributed by atoms with Crippen molar-refractivity contribution in [3.8, 4) is 5.75 Å². The van der Waals surface area contributed by atoms with Crippen LogP contribution in [0.25, 0.3) is 11.2 Å². The first-order chi connectivity index (χ1) is 16.0. The zero-order chi connectivity index (χ0) is 22.8. The van der Waals surface area contributed by atoms with Crippen molar-refractivity contribution in [2.45, 2.75) is 76.4 Å². The molecule has 0 amide bonds. The second-order valence-corrected chi connectivity index (χ2v) is 9.16. The second kappa shape index (κ2) is 11.9. The molecule has 0 aliphatic heterocycles. The molecule has 0 spiro atoms. The number of esters is 1. The van der Waals surface area contributed by atoms with E-state index in [1.54, 1.807) is 12.1 Å². The predicted octanol–water partition coefficient (Wildman–Crippen LogP) is 5.14. The summed E-state index contributed by atoms with van der Waals surface area (Å²) in [6.45, 7) is 1.39. The van der Waals surface area contributed by atoms with Crippen molar-refractivity contribution in [2.24, 2.45) is 5.73 Å². The van der Waals surface area contributed by atoms with Gasteiger partial charge in [-0.25, -0.2) is 4.98 Å². The van der Waals surface area contributed by atoms with E-state index in [1.807, 2.05) is 18.5 Å². The molecule has 190 valence electrons. The number of hydrogen-bond donors (Lipinski definition) is 3. The average Bonchev–Trinajstić information content (AvgIpc) is 3.46. The molecule has 2 fully saturated rings. The number of rotatable bonds is 6. The zero-order valence-electron chi connectivity index (χ0n) is 19.8. The SMILES string of the molecule is CC(=O)Oc1ccc(Nc2nc(NC3CCC(N)CC3)nc3c2ncn3C2CCCC2)cc1.Cl.Cl. The van der Waals surface area contributed by atoms with Crippen LogP contribution in [0.5, 0.6) is 5.75 Å². The molecule has 4 N–H and O–H groups in total. The molecule has 2 saturated carbocycles. The highest BCUT2D eigenvalue weighted by atomic mass is 35.5. The van der Waals surface area contributed by atoms with E-state index in [0.29, 0.717) is 35.6 Å². The van der Waals surface area contributed by atoms with Crippen LogP contribution in [-0.2, 0) is 4.79 Å². The number of nitrogens with zero attached hydrogens (tertiary/aromatic N) is 4. The van der Waals surface area contributed by atoms with Crippen molar-refractivity contribution >= 4 is 59.4 Å². The molecule has 1 aromatic carbocycles. The van der Waals surface area contributed by atoms with Gasteiger partial charge in [-0.3, -0.25) is 4.79 Å². The van der Waals surface area contributed by atoms with Crippen LogP contribution in [-0.4, -0.2) is 37.6 Å². The molecule has 2 aromatic heterocycles. The van der Waals surface area contributed by atoms with E-state index in [0.717, 1.165) is 55.4 Å². The Morgan fingerprint density at radius 2 is 1.71 bits per heavy atom. The van der Waals surface area contributed by atoms with E-state index in [-0.39, 0.29) is 30.8 Å². The van der Waals surface area contributed by atoms with Crippen molar-refractivity contribution < 1.29 is 9.53 Å². The summed E-state index contributed by atoms with van der Waals surface area (Å²) < 4.78 is 7.34. The maximum absolute atomic E-state index is 11.2. The lowest BCUT2D eigenvalue weighted by Gasteiger charge is -2.27. The average molecular weight is 522 g/mol. The van der Waals surface area contributed by atoms with E-state index in [1.165, 1.54) is 19.8 Å². The van der Waals surface area contributed by atoms with Gasteiger partial charge in [0.2, 0.25) is 5.95 Å². The molecule has 5 rings (SSSR count). The molecule has 0 unspecified atom stereocenters. The molecule has 2 aliphatic carbocycles. The molecule has 35 heavy (non-hydrogen) atoms. The Hall–Kier alpha value is -2.62. The normalized spacial score (nSPS) is 20.1. The summed E-state index contributed by atoms with van der Waals surface area (Å²) in [5.74, 6) is 1.43. The van der Waals surface area contributed by atoms with Crippen molar-refractivity contribution in [3.05, 3.63) is 30.6 Å². The lowest BCUT2D eigenvalue weighted by Crippen LogP contribution is -2.33. The number of anilines is 3. The monoisotopic (exact) mass is 521 g/mol. The fourth-order valence-corrected chi connectivity index (χ4v) is 4.87. The maximum Gasteiger partial charge on any atom is 0.308 e. The number of ether oxygens (including phenoxy) is 1. The Morgan fingerprint density at radius 3 is 2.37 bits per heavy atom. The molecule has 11 heteroatoms. The number of hydrogen-bond acceptors (Lipinski definition) is 8. The van der Waals surface area contributed by atoms with E-state index in [4.69, 9.17) is 20.4 Å². The van der Waals surface area contributed by atoms with E-state index in [2.05, 4.69) is 20.2 Å². The largest absolute Gasteiger partial charge is 0.427 e. The molecular formula is C24H33Cl2N7O2. The summed E-state index contributed by atoms with van der Waals surface area (Å²) in [6, 6.07) is 8.27. The molecule has 0 atom stereocenters. The minimum absolute atomic E-state index is 0. The first-order valence-corrected chi connectivity index (χ1v) is 11.9. The quantitative estimate of drug-likeness (QED) is 0.301. The number of nitrogens with one attached hydrogen (secondary N) is 2. The number of benzene rings is 1. The van der Waals surface area contributed by atoms with Crippen LogP contribution in [0.15, 0.2) is 30.6 Å². The highest BCUT2D eigenvalue weighted by Crippen LogP contribution is 2.34. The Kier molecular flexibility index (Phi) is 9.15. The van der Waals surface area contributed by atoms with Crippen LogP contribution in [0.1, 0.15) is 64.3 Å². The van der Waals surface area contributed by atoms with Gasteiger partial charge in [0.25, 0.3) is 0 Å². The third-order valence-corrected chi connectivity index (χ3v) is 6.62. The smallest absolute Gasteiger partial charge is 0.308 e. The van der Waals surface area contributed by atoms with Crippen molar-refractivity contribution in [2.75, 3.05) is 10.6 Å². The van der Waals surface area contributed by atoms with Gasteiger partial charge in [-0.05, 0) is 62.8 Å². The minimum Gasteiger partial charge on any atom is -0.427 e. The highest BCUT2D eigenvalue weighted by molar-refractivity contribution is 5.87. The number of carbonyl (C=O) groups excluding carboxylic acids is 1. The Bertz CT molecular complexity index is 1120. The fraction of sp³-hybridized carbons (Fsp3) is 0.500. The maximum atomic E-state index is 11.2. The number of fused-ring (bicyclic) bond motifs is 1. The van der Waals surface area contributed by atoms with Crippen molar-refractivity contribution in [1.82, 2.24) is 19.5 Å². The van der Waals surface area contributed by atoms with Crippen LogP contribution in [0.2, 0.25) is 0 Å². The number of carbonyl (C=O) groups is 1. The molecule has 2 aliphatic rings. The molecule has 0 radical (unpaired) electrons. The summed E-state index contributed by atoms with van der Waals surface area (Å²) in [7, 11) is 0. The Morgan fingerprint density at radius 1 is 1.03 bits per heavy atom. The number of aromatic nitrogens is 4. The van der Waals surface area contributed by atoms with Gasteiger partial charge < -0.3 is 25.7 Å². The van der Waals surface area contributed by atoms with Gasteiger partial charge in [-0.2, -0.15) is 9.97 Å². The Balaban J connectivity index is 0.00000171.